The summed E-state index contributed by atoms with van der Waals surface area (Å²) >= 11 is 11.5. The Morgan fingerprint density at radius 3 is 2.43 bits per heavy atom. The van der Waals surface area contributed by atoms with E-state index in [2.05, 4.69) is 36.7 Å². The Morgan fingerprint density at radius 2 is 1.81 bits per heavy atom. The molecule has 1 aliphatic carbocycles. The zero-order valence-corrected chi connectivity index (χ0v) is 23.2. The number of carbonyl (C=O) groups is 2. The van der Waals surface area contributed by atoms with Crippen LogP contribution in [0.5, 0.6) is 0 Å². The standard InChI is InChI=1S/C23H32ClN3O2.C6H4ClF/c1-22(2,3)13-19-23(16-10-9-14(24)11-17(16)27-21(23)29)12-18(26-19)20(28)25-15-7-5-4-6-8-15;7-5-3-1-2-4-6(5)8/h9-11,15,18-19,26H,4-8,12-13H2,1-3H3,(H,25,28)(H,27,29);1-4H/t18?,19-,23+;/m1./s1. The zero-order chi connectivity index (χ0) is 26.8. The molecule has 2 aromatic carbocycles. The molecular weight excluding hydrogens is 512 g/mol. The first-order valence-corrected chi connectivity index (χ1v) is 13.8. The maximum Gasteiger partial charge on any atom is 0.237 e. The van der Waals surface area contributed by atoms with Gasteiger partial charge in [0.1, 0.15) is 5.82 Å². The van der Waals surface area contributed by atoms with Gasteiger partial charge < -0.3 is 16.0 Å². The average Bonchev–Trinajstić information content (AvgIpc) is 3.33. The Morgan fingerprint density at radius 1 is 1.11 bits per heavy atom. The predicted molar refractivity (Wildman–Crippen MR) is 148 cm³/mol. The van der Waals surface area contributed by atoms with Crippen LogP contribution < -0.4 is 16.0 Å². The fourth-order valence-corrected chi connectivity index (χ4v) is 6.13. The van der Waals surface area contributed by atoms with Crippen molar-refractivity contribution in [2.24, 2.45) is 5.41 Å². The highest BCUT2D eigenvalue weighted by molar-refractivity contribution is 6.31. The third kappa shape index (κ3) is 6.30. The number of benzene rings is 2. The minimum Gasteiger partial charge on any atom is -0.352 e. The number of anilines is 1. The SMILES string of the molecule is CC(C)(C)C[C@H]1NC(C(=O)NC2CCCCC2)C[C@@]12C(=O)Nc1cc(Cl)ccc12.Fc1ccccc1Cl. The van der Waals surface area contributed by atoms with E-state index in [-0.39, 0.29) is 46.2 Å². The van der Waals surface area contributed by atoms with Crippen LogP contribution in [0.1, 0.15) is 71.3 Å². The van der Waals surface area contributed by atoms with Crippen LogP contribution >= 0.6 is 23.2 Å². The van der Waals surface area contributed by atoms with Crippen molar-refractivity contribution in [2.45, 2.75) is 89.3 Å². The van der Waals surface area contributed by atoms with E-state index in [9.17, 15) is 14.0 Å². The minimum absolute atomic E-state index is 0.0227. The molecule has 3 N–H and O–H groups in total. The van der Waals surface area contributed by atoms with E-state index < -0.39 is 5.41 Å². The van der Waals surface area contributed by atoms with E-state index in [1.165, 1.54) is 31.4 Å². The van der Waals surface area contributed by atoms with Crippen LogP contribution in [0.3, 0.4) is 0 Å². The summed E-state index contributed by atoms with van der Waals surface area (Å²) in [4.78, 5) is 26.4. The zero-order valence-electron chi connectivity index (χ0n) is 21.7. The summed E-state index contributed by atoms with van der Waals surface area (Å²) in [5.74, 6) is -0.360. The van der Waals surface area contributed by atoms with Crippen LogP contribution in [0, 0.1) is 11.2 Å². The Hall–Kier alpha value is -2.15. The smallest absolute Gasteiger partial charge is 0.237 e. The van der Waals surface area contributed by atoms with Gasteiger partial charge in [0.25, 0.3) is 0 Å². The molecule has 2 aromatic rings. The molecule has 1 unspecified atom stereocenters. The second kappa shape index (κ2) is 11.3. The molecule has 2 amide bonds. The number of fused-ring (bicyclic) bond motifs is 2. The topological polar surface area (TPSA) is 70.2 Å². The largest absolute Gasteiger partial charge is 0.352 e. The van der Waals surface area contributed by atoms with Crippen molar-refractivity contribution in [3.8, 4) is 0 Å². The second-order valence-corrected chi connectivity index (χ2v) is 12.5. The Labute approximate surface area is 228 Å². The van der Waals surface area contributed by atoms with Crippen molar-refractivity contribution >= 4 is 40.7 Å². The average molecular weight is 549 g/mol. The predicted octanol–water partition coefficient (Wildman–Crippen LogP) is 6.62. The molecule has 0 bridgehead atoms. The Bertz CT molecular complexity index is 1130. The number of halogens is 3. The first-order chi connectivity index (χ1) is 17.5. The van der Waals surface area contributed by atoms with Gasteiger partial charge in [-0.05, 0) is 60.9 Å². The van der Waals surface area contributed by atoms with Gasteiger partial charge >= 0.3 is 0 Å². The van der Waals surface area contributed by atoms with E-state index in [1.54, 1.807) is 12.1 Å². The molecule has 0 radical (unpaired) electrons. The van der Waals surface area contributed by atoms with Gasteiger partial charge in [-0.25, -0.2) is 4.39 Å². The van der Waals surface area contributed by atoms with Gasteiger partial charge in [0, 0.05) is 22.8 Å². The molecule has 1 saturated heterocycles. The van der Waals surface area contributed by atoms with Gasteiger partial charge in [-0.15, -0.1) is 0 Å². The molecule has 200 valence electrons. The van der Waals surface area contributed by atoms with E-state index in [0.29, 0.717) is 11.4 Å². The van der Waals surface area contributed by atoms with Crippen molar-refractivity contribution in [1.82, 2.24) is 10.6 Å². The lowest BCUT2D eigenvalue weighted by molar-refractivity contribution is -0.124. The summed E-state index contributed by atoms with van der Waals surface area (Å²) in [6.07, 6.45) is 6.99. The fourth-order valence-electron chi connectivity index (χ4n) is 5.82. The number of hydrogen-bond acceptors (Lipinski definition) is 3. The third-order valence-corrected chi connectivity index (χ3v) is 8.09. The minimum atomic E-state index is -0.734. The van der Waals surface area contributed by atoms with Crippen LogP contribution in [-0.4, -0.2) is 29.9 Å². The highest BCUT2D eigenvalue weighted by atomic mass is 35.5. The third-order valence-electron chi connectivity index (χ3n) is 7.55. The number of nitrogens with one attached hydrogen (secondary N) is 3. The maximum atomic E-state index is 13.3. The van der Waals surface area contributed by atoms with Gasteiger partial charge in [-0.2, -0.15) is 0 Å². The van der Waals surface area contributed by atoms with Gasteiger partial charge in [-0.3, -0.25) is 9.59 Å². The number of hydrogen-bond donors (Lipinski definition) is 3. The van der Waals surface area contributed by atoms with Crippen molar-refractivity contribution in [3.63, 3.8) is 0 Å². The Kier molecular flexibility index (Phi) is 8.51. The lowest BCUT2D eigenvalue weighted by Gasteiger charge is -2.33. The van der Waals surface area contributed by atoms with Gasteiger partial charge in [0.15, 0.2) is 0 Å². The molecule has 2 aliphatic heterocycles. The quantitative estimate of drug-likeness (QED) is 0.404. The molecule has 5 rings (SSSR count). The molecule has 5 nitrogen and oxygen atoms in total. The summed E-state index contributed by atoms with van der Waals surface area (Å²) < 4.78 is 12.2. The van der Waals surface area contributed by atoms with Gasteiger partial charge in [-0.1, -0.05) is 81.4 Å². The molecule has 37 heavy (non-hydrogen) atoms. The van der Waals surface area contributed by atoms with Gasteiger partial charge in [0.05, 0.1) is 16.5 Å². The molecule has 8 heteroatoms. The van der Waals surface area contributed by atoms with Crippen molar-refractivity contribution in [2.75, 3.05) is 5.32 Å². The molecule has 3 aliphatic rings. The summed E-state index contributed by atoms with van der Waals surface area (Å²) in [5, 5.41) is 10.6. The molecule has 2 fully saturated rings. The van der Waals surface area contributed by atoms with E-state index in [0.717, 1.165) is 30.5 Å². The van der Waals surface area contributed by atoms with Crippen molar-refractivity contribution in [3.05, 3.63) is 63.9 Å². The summed E-state index contributed by atoms with van der Waals surface area (Å²) in [7, 11) is 0. The first-order valence-electron chi connectivity index (χ1n) is 13.1. The second-order valence-electron chi connectivity index (χ2n) is 11.6. The molecule has 2 heterocycles. The van der Waals surface area contributed by atoms with Crippen molar-refractivity contribution in [1.29, 1.82) is 0 Å². The summed E-state index contributed by atoms with van der Waals surface area (Å²) in [6.45, 7) is 6.52. The first kappa shape index (κ1) is 27.9. The molecule has 1 saturated carbocycles. The van der Waals surface area contributed by atoms with Crippen molar-refractivity contribution < 1.29 is 14.0 Å². The lowest BCUT2D eigenvalue weighted by atomic mass is 9.70. The monoisotopic (exact) mass is 547 g/mol. The maximum absolute atomic E-state index is 13.3. The number of amides is 2. The highest BCUT2D eigenvalue weighted by Gasteiger charge is 2.59. The van der Waals surface area contributed by atoms with E-state index in [4.69, 9.17) is 23.2 Å². The van der Waals surface area contributed by atoms with Crippen LogP contribution in [0.25, 0.3) is 0 Å². The number of rotatable bonds is 3. The molecule has 3 atom stereocenters. The highest BCUT2D eigenvalue weighted by Crippen LogP contribution is 2.50. The number of carbonyl (C=O) groups excluding carboxylic acids is 2. The van der Waals surface area contributed by atoms with Crippen LogP contribution in [-0.2, 0) is 15.0 Å². The molecule has 0 aromatic heterocycles. The lowest BCUT2D eigenvalue weighted by Crippen LogP contribution is -2.49. The molecule has 1 spiro atoms. The van der Waals surface area contributed by atoms with E-state index >= 15 is 0 Å². The normalized spacial score (nSPS) is 25.3. The van der Waals surface area contributed by atoms with Crippen LogP contribution in [0.2, 0.25) is 10.0 Å². The van der Waals surface area contributed by atoms with E-state index in [1.807, 2.05) is 18.2 Å². The fraction of sp³-hybridized carbons (Fsp3) is 0.517. The van der Waals surface area contributed by atoms with Crippen LogP contribution in [0.15, 0.2) is 42.5 Å². The summed E-state index contributed by atoms with van der Waals surface area (Å²) in [6, 6.07) is 11.5. The van der Waals surface area contributed by atoms with Gasteiger partial charge in [0.2, 0.25) is 11.8 Å². The molecular formula is C29H36Cl2FN3O2. The Balaban J connectivity index is 0.000000342. The van der Waals surface area contributed by atoms with Crippen LogP contribution in [0.4, 0.5) is 10.1 Å². The summed E-state index contributed by atoms with van der Waals surface area (Å²) in [5.41, 5.74) is 1.02.